The minimum Gasteiger partial charge on any atom is -0.388 e. The molecule has 0 amide bonds. The zero-order valence-electron chi connectivity index (χ0n) is 10.1. The van der Waals surface area contributed by atoms with Gasteiger partial charge in [-0.15, -0.1) is 0 Å². The number of aliphatic hydroxyl groups is 1. The second-order valence-electron chi connectivity index (χ2n) is 4.41. The molecule has 0 saturated heterocycles. The molecule has 0 aliphatic heterocycles. The third-order valence-electron chi connectivity index (χ3n) is 2.99. The number of benzene rings is 1. The van der Waals surface area contributed by atoms with Crippen molar-refractivity contribution in [2.75, 3.05) is 0 Å². The van der Waals surface area contributed by atoms with Crippen molar-refractivity contribution in [3.63, 3.8) is 0 Å². The van der Waals surface area contributed by atoms with Gasteiger partial charge in [-0.2, -0.15) is 0 Å². The highest BCUT2D eigenvalue weighted by atomic mass is 35.5. The van der Waals surface area contributed by atoms with Crippen molar-refractivity contribution >= 4 is 29.2 Å². The average molecular weight is 277 g/mol. The highest BCUT2D eigenvalue weighted by molar-refractivity contribution is 6.30. The van der Waals surface area contributed by atoms with E-state index in [0.717, 1.165) is 5.56 Å². The number of halogens is 1. The molecule has 1 aliphatic carbocycles. The van der Waals surface area contributed by atoms with Gasteiger partial charge in [0.05, 0.1) is 12.0 Å². The smallest absolute Gasteiger partial charge is 0.162 e. The van der Waals surface area contributed by atoms with Gasteiger partial charge in [-0.25, -0.2) is 0 Å². The van der Waals surface area contributed by atoms with E-state index in [0.29, 0.717) is 5.02 Å². The Kier molecular flexibility index (Phi) is 4.30. The number of carbonyl (C=O) groups is 2. The maximum atomic E-state index is 11.9. The molecule has 3 nitrogen and oxygen atoms in total. The van der Waals surface area contributed by atoms with Crippen LogP contribution in [0.2, 0.25) is 5.02 Å². The van der Waals surface area contributed by atoms with E-state index in [2.05, 4.69) is 0 Å². The normalized spacial score (nSPS) is 22.9. The van der Waals surface area contributed by atoms with Crippen LogP contribution in [0, 0.1) is 5.92 Å². The number of carbonyl (C=O) groups excluding carboxylic acids is 2. The maximum Gasteiger partial charge on any atom is 0.162 e. The monoisotopic (exact) mass is 276 g/mol. The van der Waals surface area contributed by atoms with Crippen molar-refractivity contribution in [1.29, 1.82) is 0 Å². The number of aliphatic hydroxyl groups excluding tert-OH is 1. The summed E-state index contributed by atoms with van der Waals surface area (Å²) in [7, 11) is 0. The Morgan fingerprint density at radius 2 is 2.00 bits per heavy atom. The first-order valence-corrected chi connectivity index (χ1v) is 6.30. The maximum absolute atomic E-state index is 11.9. The second kappa shape index (κ2) is 5.95. The van der Waals surface area contributed by atoms with Crippen LogP contribution in [-0.4, -0.2) is 22.8 Å². The summed E-state index contributed by atoms with van der Waals surface area (Å²) >= 11 is 5.76. The molecule has 1 N–H and O–H groups in total. The summed E-state index contributed by atoms with van der Waals surface area (Å²) in [5, 5.41) is 10.3. The van der Waals surface area contributed by atoms with Crippen LogP contribution in [0.25, 0.3) is 6.08 Å². The van der Waals surface area contributed by atoms with E-state index in [1.165, 1.54) is 18.2 Å². The molecular formula is C15H13ClO3. The highest BCUT2D eigenvalue weighted by Crippen LogP contribution is 2.19. The van der Waals surface area contributed by atoms with Gasteiger partial charge in [0.2, 0.25) is 0 Å². The van der Waals surface area contributed by atoms with Gasteiger partial charge < -0.3 is 5.11 Å². The zero-order valence-corrected chi connectivity index (χ0v) is 10.9. The first kappa shape index (κ1) is 13.7. The molecule has 0 heterocycles. The van der Waals surface area contributed by atoms with Crippen LogP contribution < -0.4 is 0 Å². The quantitative estimate of drug-likeness (QED) is 0.863. The Hall–Kier alpha value is -1.71. The van der Waals surface area contributed by atoms with Gasteiger partial charge in [-0.1, -0.05) is 35.9 Å². The van der Waals surface area contributed by atoms with Gasteiger partial charge >= 0.3 is 0 Å². The number of rotatable bonds is 3. The molecule has 1 aromatic carbocycles. The summed E-state index contributed by atoms with van der Waals surface area (Å²) in [6.45, 7) is 0. The summed E-state index contributed by atoms with van der Waals surface area (Å²) in [6, 6.07) is 7.03. The van der Waals surface area contributed by atoms with E-state index in [9.17, 15) is 14.7 Å². The van der Waals surface area contributed by atoms with Crippen molar-refractivity contribution in [1.82, 2.24) is 0 Å². The fourth-order valence-electron chi connectivity index (χ4n) is 1.89. The molecule has 2 atom stereocenters. The molecule has 0 bridgehead atoms. The lowest BCUT2D eigenvalue weighted by atomic mass is 9.87. The molecular weight excluding hydrogens is 264 g/mol. The largest absolute Gasteiger partial charge is 0.388 e. The molecule has 0 fully saturated rings. The molecule has 1 aliphatic rings. The summed E-state index contributed by atoms with van der Waals surface area (Å²) in [6.07, 6.45) is 4.89. The van der Waals surface area contributed by atoms with E-state index in [1.54, 1.807) is 30.3 Å². The first-order chi connectivity index (χ1) is 9.06. The SMILES string of the molecule is O=C1C=CC(O)C(C(=O)C=Cc2ccc(Cl)cc2)C1. The highest BCUT2D eigenvalue weighted by Gasteiger charge is 2.28. The second-order valence-corrected chi connectivity index (χ2v) is 4.85. The Morgan fingerprint density at radius 3 is 2.68 bits per heavy atom. The fourth-order valence-corrected chi connectivity index (χ4v) is 2.02. The Labute approximate surface area is 116 Å². The van der Waals surface area contributed by atoms with E-state index >= 15 is 0 Å². The summed E-state index contributed by atoms with van der Waals surface area (Å²) < 4.78 is 0. The van der Waals surface area contributed by atoms with Crippen LogP contribution >= 0.6 is 11.6 Å². The van der Waals surface area contributed by atoms with Gasteiger partial charge in [0.1, 0.15) is 0 Å². The van der Waals surface area contributed by atoms with Crippen molar-refractivity contribution in [3.05, 3.63) is 53.1 Å². The Bertz CT molecular complexity index is 543. The van der Waals surface area contributed by atoms with Crippen molar-refractivity contribution in [2.45, 2.75) is 12.5 Å². The molecule has 0 radical (unpaired) electrons. The zero-order chi connectivity index (χ0) is 13.8. The van der Waals surface area contributed by atoms with Crippen molar-refractivity contribution in [3.8, 4) is 0 Å². The number of allylic oxidation sites excluding steroid dienone is 2. The molecule has 0 aromatic heterocycles. The Balaban J connectivity index is 2.06. The molecule has 0 spiro atoms. The number of hydrogen-bond acceptors (Lipinski definition) is 3. The third-order valence-corrected chi connectivity index (χ3v) is 3.24. The lowest BCUT2D eigenvalue weighted by Crippen LogP contribution is -2.30. The standard InChI is InChI=1S/C15H13ClO3/c16-11-4-1-10(2-5-11)3-7-14(18)13-9-12(17)6-8-15(13)19/h1-8,13,15,19H,9H2. The minimum atomic E-state index is -0.889. The number of ketones is 2. The van der Waals surface area contributed by atoms with Gasteiger partial charge in [-0.3, -0.25) is 9.59 Å². The molecule has 2 rings (SSSR count). The third kappa shape index (κ3) is 3.63. The average Bonchev–Trinajstić information content (AvgIpc) is 2.40. The predicted molar refractivity (Wildman–Crippen MR) is 73.8 cm³/mol. The molecule has 2 unspecified atom stereocenters. The van der Waals surface area contributed by atoms with Gasteiger partial charge in [-0.05, 0) is 29.8 Å². The minimum absolute atomic E-state index is 0.0570. The van der Waals surface area contributed by atoms with E-state index < -0.39 is 12.0 Å². The van der Waals surface area contributed by atoms with Crippen LogP contribution in [0.1, 0.15) is 12.0 Å². The molecule has 19 heavy (non-hydrogen) atoms. The lowest BCUT2D eigenvalue weighted by molar-refractivity contribution is -0.126. The van der Waals surface area contributed by atoms with Gasteiger partial charge in [0, 0.05) is 11.4 Å². The van der Waals surface area contributed by atoms with E-state index in [1.807, 2.05) is 0 Å². The van der Waals surface area contributed by atoms with Gasteiger partial charge in [0.25, 0.3) is 0 Å². The summed E-state index contributed by atoms with van der Waals surface area (Å²) in [5.41, 5.74) is 0.838. The molecule has 0 saturated carbocycles. The number of hydrogen-bond donors (Lipinski definition) is 1. The van der Waals surface area contributed by atoms with Crippen LogP contribution in [0.3, 0.4) is 0 Å². The van der Waals surface area contributed by atoms with Crippen molar-refractivity contribution in [2.24, 2.45) is 5.92 Å². The van der Waals surface area contributed by atoms with Crippen molar-refractivity contribution < 1.29 is 14.7 Å². The van der Waals surface area contributed by atoms with Crippen LogP contribution in [0.4, 0.5) is 0 Å². The lowest BCUT2D eigenvalue weighted by Gasteiger charge is -2.19. The Morgan fingerprint density at radius 1 is 1.32 bits per heavy atom. The van der Waals surface area contributed by atoms with Crippen LogP contribution in [0.5, 0.6) is 0 Å². The predicted octanol–water partition coefficient (Wildman–Crippen LogP) is 2.43. The van der Waals surface area contributed by atoms with E-state index in [-0.39, 0.29) is 18.0 Å². The first-order valence-electron chi connectivity index (χ1n) is 5.93. The molecule has 4 heteroatoms. The van der Waals surface area contributed by atoms with E-state index in [4.69, 9.17) is 11.6 Å². The molecule has 1 aromatic rings. The van der Waals surface area contributed by atoms with Crippen LogP contribution in [-0.2, 0) is 9.59 Å². The van der Waals surface area contributed by atoms with Crippen LogP contribution in [0.15, 0.2) is 42.5 Å². The summed E-state index contributed by atoms with van der Waals surface area (Å²) in [4.78, 5) is 23.2. The summed E-state index contributed by atoms with van der Waals surface area (Å²) in [5.74, 6) is -1.07. The topological polar surface area (TPSA) is 54.4 Å². The fraction of sp³-hybridized carbons (Fsp3) is 0.200. The van der Waals surface area contributed by atoms with Gasteiger partial charge in [0.15, 0.2) is 11.6 Å². The molecule has 98 valence electrons.